The molecule has 2 atom stereocenters. The summed E-state index contributed by atoms with van der Waals surface area (Å²) in [6.07, 6.45) is 7.67. The van der Waals surface area contributed by atoms with Crippen molar-refractivity contribution in [3.05, 3.63) is 71.7 Å². The fraction of sp³-hybridized carbons (Fsp3) is 0.394. The van der Waals surface area contributed by atoms with Gasteiger partial charge in [0.05, 0.1) is 24.4 Å². The summed E-state index contributed by atoms with van der Waals surface area (Å²) in [7, 11) is 1.28. The van der Waals surface area contributed by atoms with Gasteiger partial charge in [-0.3, -0.25) is 14.0 Å². The van der Waals surface area contributed by atoms with Crippen LogP contribution in [0, 0.1) is 29.9 Å². The van der Waals surface area contributed by atoms with Crippen LogP contribution in [0.3, 0.4) is 0 Å². The van der Waals surface area contributed by atoms with E-state index in [4.69, 9.17) is 4.74 Å². The summed E-state index contributed by atoms with van der Waals surface area (Å²) in [6, 6.07) is 8.28. The Morgan fingerprint density at radius 1 is 1.07 bits per heavy atom. The molecule has 4 aromatic rings. The van der Waals surface area contributed by atoms with E-state index >= 15 is 0 Å². The van der Waals surface area contributed by atoms with Crippen LogP contribution in [0.4, 0.5) is 20.3 Å². The van der Waals surface area contributed by atoms with Crippen molar-refractivity contribution in [1.29, 1.82) is 0 Å². The van der Waals surface area contributed by atoms with E-state index < -0.39 is 11.6 Å². The summed E-state index contributed by atoms with van der Waals surface area (Å²) in [5.74, 6) is -1.08. The summed E-state index contributed by atoms with van der Waals surface area (Å²) in [4.78, 5) is 39.6. The Balaban J connectivity index is 0.00000372. The molecular weight excluding hydrogens is 616 g/mol. The van der Waals surface area contributed by atoms with E-state index in [0.717, 1.165) is 37.9 Å². The highest BCUT2D eigenvalue weighted by Crippen LogP contribution is 2.45. The molecule has 2 saturated heterocycles. The van der Waals surface area contributed by atoms with Gasteiger partial charge in [-0.2, -0.15) is 4.39 Å². The molecule has 2 amide bonds. The number of aryl methyl sites for hydroxylation is 1. The van der Waals surface area contributed by atoms with Crippen LogP contribution in [0.5, 0.6) is 5.75 Å². The van der Waals surface area contributed by atoms with Crippen molar-refractivity contribution in [3.63, 3.8) is 0 Å². The van der Waals surface area contributed by atoms with E-state index in [-0.39, 0.29) is 40.9 Å². The van der Waals surface area contributed by atoms with E-state index in [2.05, 4.69) is 20.6 Å². The predicted octanol–water partition coefficient (Wildman–Crippen LogP) is 4.83. The number of ether oxygens (including phenoxy) is 1. The second-order valence-electron chi connectivity index (χ2n) is 12.3. The molecule has 2 unspecified atom stereocenters. The number of piperazine rings is 1. The molecule has 3 aliphatic rings. The number of hydrogen-bond acceptors (Lipinski definition) is 7. The monoisotopic (exact) mass is 651 g/mol. The normalized spacial score (nSPS) is 20.8. The molecular formula is C33H36ClF2N7O3. The first-order valence-electron chi connectivity index (χ1n) is 15.3. The van der Waals surface area contributed by atoms with Crippen molar-refractivity contribution < 1.29 is 23.1 Å². The van der Waals surface area contributed by atoms with Crippen molar-refractivity contribution in [2.45, 2.75) is 26.2 Å². The number of imidazole rings is 1. The first kappa shape index (κ1) is 31.7. The average molecular weight is 652 g/mol. The summed E-state index contributed by atoms with van der Waals surface area (Å²) >= 11 is 0. The standard InChI is InChI=1S/C33H35F2N7O3.ClH/c1-20-15-22(39-29-30-38-18-25(42(30)10-9-37-29)24-5-6-26(45-2)28(35)27(24)34)3-4-23(20)31(43)40-11-13-41(14-12-40)32(44)33-8-7-21(16-33)17-36-19-33;/h3-6,9-10,15,18,21,36H,7-8,11-14,16-17,19H2,1-2H3,(H,37,39);1H. The van der Waals surface area contributed by atoms with E-state index in [1.54, 1.807) is 28.9 Å². The number of methoxy groups -OCH3 is 1. The first-order chi connectivity index (χ1) is 21.8. The second-order valence-corrected chi connectivity index (χ2v) is 12.3. The molecule has 0 radical (unpaired) electrons. The summed E-state index contributed by atoms with van der Waals surface area (Å²) in [6.45, 7) is 5.75. The molecule has 2 bridgehead atoms. The van der Waals surface area contributed by atoms with Gasteiger partial charge in [0.25, 0.3) is 5.91 Å². The fourth-order valence-electron chi connectivity index (χ4n) is 7.19. The Labute approximate surface area is 271 Å². The number of carbonyl (C=O) groups is 2. The molecule has 7 rings (SSSR count). The third-order valence-corrected chi connectivity index (χ3v) is 9.61. The number of anilines is 2. The smallest absolute Gasteiger partial charge is 0.254 e. The topological polar surface area (TPSA) is 104 Å². The number of piperidine rings is 1. The Kier molecular flexibility index (Phi) is 8.60. The lowest BCUT2D eigenvalue weighted by molar-refractivity contribution is -0.144. The van der Waals surface area contributed by atoms with Gasteiger partial charge in [-0.05, 0) is 74.5 Å². The van der Waals surface area contributed by atoms with Crippen LogP contribution in [0.1, 0.15) is 35.2 Å². The molecule has 2 N–H and O–H groups in total. The maximum atomic E-state index is 14.9. The van der Waals surface area contributed by atoms with Gasteiger partial charge in [0.2, 0.25) is 11.7 Å². The van der Waals surface area contributed by atoms with Crippen molar-refractivity contribution in [2.75, 3.05) is 51.7 Å². The quantitative estimate of drug-likeness (QED) is 0.308. The molecule has 2 aliphatic heterocycles. The number of halogens is 3. The first-order valence-corrected chi connectivity index (χ1v) is 15.3. The Morgan fingerprint density at radius 3 is 2.61 bits per heavy atom. The molecule has 1 saturated carbocycles. The molecule has 46 heavy (non-hydrogen) atoms. The van der Waals surface area contributed by atoms with E-state index in [1.807, 2.05) is 22.8 Å². The molecule has 242 valence electrons. The van der Waals surface area contributed by atoms with Crippen molar-refractivity contribution in [2.24, 2.45) is 11.3 Å². The average Bonchev–Trinajstić information content (AvgIpc) is 3.62. The number of rotatable bonds is 6. The highest BCUT2D eigenvalue weighted by atomic mass is 35.5. The molecule has 4 heterocycles. The van der Waals surface area contributed by atoms with E-state index in [1.165, 1.54) is 25.4 Å². The van der Waals surface area contributed by atoms with Crippen LogP contribution >= 0.6 is 12.4 Å². The Bertz CT molecular complexity index is 1810. The zero-order valence-corrected chi connectivity index (χ0v) is 26.5. The number of amides is 2. The van der Waals surface area contributed by atoms with Crippen LogP contribution in [0.25, 0.3) is 16.9 Å². The van der Waals surface area contributed by atoms with Crippen molar-refractivity contribution in [1.82, 2.24) is 29.5 Å². The Hall–Kier alpha value is -4.29. The molecule has 10 nitrogen and oxygen atoms in total. The molecule has 2 aromatic carbocycles. The van der Waals surface area contributed by atoms with Crippen molar-refractivity contribution >= 4 is 41.4 Å². The zero-order chi connectivity index (χ0) is 31.3. The Morgan fingerprint density at radius 2 is 1.85 bits per heavy atom. The molecule has 1 aliphatic carbocycles. The lowest BCUT2D eigenvalue weighted by Gasteiger charge is -2.41. The van der Waals surface area contributed by atoms with Crippen LogP contribution < -0.4 is 15.4 Å². The number of nitrogens with zero attached hydrogens (tertiary/aromatic N) is 5. The number of carbonyl (C=O) groups excluding carboxylic acids is 2. The van der Waals surface area contributed by atoms with Gasteiger partial charge in [-0.15, -0.1) is 12.4 Å². The second kappa shape index (κ2) is 12.5. The van der Waals surface area contributed by atoms with E-state index in [9.17, 15) is 18.4 Å². The predicted molar refractivity (Wildman–Crippen MR) is 172 cm³/mol. The minimum absolute atomic E-state index is 0. The SMILES string of the molecule is COc1ccc(-c2cnc3c(Nc4ccc(C(=O)N5CCN(C(=O)C67CCC(CNC6)C7)CC5)c(C)c4)nccn23)c(F)c1F.Cl. The van der Waals surface area contributed by atoms with Crippen LogP contribution in [0.2, 0.25) is 0 Å². The minimum atomic E-state index is -1.07. The van der Waals surface area contributed by atoms with Gasteiger partial charge in [0, 0.05) is 61.9 Å². The fourth-order valence-corrected chi connectivity index (χ4v) is 7.19. The number of nitrogens with one attached hydrogen (secondary N) is 2. The molecule has 3 fully saturated rings. The van der Waals surface area contributed by atoms with Crippen LogP contribution in [0.15, 0.2) is 48.9 Å². The molecule has 2 aromatic heterocycles. The number of fused-ring (bicyclic) bond motifs is 3. The van der Waals surface area contributed by atoms with Gasteiger partial charge in [0.1, 0.15) is 0 Å². The van der Waals surface area contributed by atoms with Gasteiger partial charge >= 0.3 is 0 Å². The van der Waals surface area contributed by atoms with Crippen LogP contribution in [-0.4, -0.2) is 82.4 Å². The van der Waals surface area contributed by atoms with Gasteiger partial charge in [0.15, 0.2) is 23.0 Å². The van der Waals surface area contributed by atoms with Gasteiger partial charge in [-0.25, -0.2) is 14.4 Å². The van der Waals surface area contributed by atoms with Crippen LogP contribution in [-0.2, 0) is 4.79 Å². The largest absolute Gasteiger partial charge is 0.494 e. The number of hydrogen-bond donors (Lipinski definition) is 2. The summed E-state index contributed by atoms with van der Waals surface area (Å²) in [5, 5.41) is 6.70. The lowest BCUT2D eigenvalue weighted by Crippen LogP contribution is -2.56. The van der Waals surface area contributed by atoms with Gasteiger partial charge < -0.3 is 25.2 Å². The maximum Gasteiger partial charge on any atom is 0.254 e. The van der Waals surface area contributed by atoms with Crippen molar-refractivity contribution in [3.8, 4) is 17.0 Å². The minimum Gasteiger partial charge on any atom is -0.494 e. The molecule has 13 heteroatoms. The van der Waals surface area contributed by atoms with Gasteiger partial charge in [-0.1, -0.05) is 0 Å². The molecule has 0 spiro atoms. The maximum absolute atomic E-state index is 14.9. The summed E-state index contributed by atoms with van der Waals surface area (Å²) < 4.78 is 35.8. The lowest BCUT2D eigenvalue weighted by atomic mass is 9.81. The highest BCUT2D eigenvalue weighted by molar-refractivity contribution is 5.96. The summed E-state index contributed by atoms with van der Waals surface area (Å²) in [5.41, 5.74) is 2.64. The van der Waals surface area contributed by atoms with E-state index in [0.29, 0.717) is 60.5 Å². The third-order valence-electron chi connectivity index (χ3n) is 9.61. The number of benzene rings is 2. The zero-order valence-electron chi connectivity index (χ0n) is 25.7. The number of aromatic nitrogens is 3. The third kappa shape index (κ3) is 5.43. The highest BCUT2D eigenvalue weighted by Gasteiger charge is 2.49.